The Bertz CT molecular complexity index is 874. The highest BCUT2D eigenvalue weighted by molar-refractivity contribution is 7.92. The van der Waals surface area contributed by atoms with E-state index in [2.05, 4.69) is 60.1 Å². The molecule has 0 bridgehead atoms. The van der Waals surface area contributed by atoms with Crippen molar-refractivity contribution in [2.45, 2.75) is 51.9 Å². The first-order valence-corrected chi connectivity index (χ1v) is 11.6. The van der Waals surface area contributed by atoms with Crippen molar-refractivity contribution >= 4 is 21.7 Å². The van der Waals surface area contributed by atoms with Gasteiger partial charge in [-0.05, 0) is 47.9 Å². The van der Waals surface area contributed by atoms with Gasteiger partial charge in [0.15, 0.2) is 0 Å². The Morgan fingerprint density at radius 2 is 1.76 bits per heavy atom. The smallest absolute Gasteiger partial charge is 0.235 e. The summed E-state index contributed by atoms with van der Waals surface area (Å²) in [7, 11) is -3.53. The summed E-state index contributed by atoms with van der Waals surface area (Å²) in [5.41, 5.74) is 2.73. The Morgan fingerprint density at radius 1 is 1.03 bits per heavy atom. The molecule has 0 aliphatic carbocycles. The highest BCUT2D eigenvalue weighted by Gasteiger charge is 2.13. The first-order valence-electron chi connectivity index (χ1n) is 9.93. The van der Waals surface area contributed by atoms with Crippen LogP contribution in [-0.4, -0.2) is 31.6 Å². The van der Waals surface area contributed by atoms with Crippen molar-refractivity contribution in [3.05, 3.63) is 59.8 Å². The number of aryl methyl sites for hydroxylation is 1. The fourth-order valence-corrected chi connectivity index (χ4v) is 3.75. The Morgan fingerprint density at radius 3 is 2.38 bits per heavy atom. The number of nitrogens with zero attached hydrogens (tertiary/aromatic N) is 1. The van der Waals surface area contributed by atoms with Gasteiger partial charge >= 0.3 is 0 Å². The molecule has 0 saturated heterocycles. The van der Waals surface area contributed by atoms with E-state index in [1.807, 2.05) is 0 Å². The monoisotopic (exact) mass is 417 g/mol. The molecule has 0 radical (unpaired) electrons. The van der Waals surface area contributed by atoms with Gasteiger partial charge in [0.2, 0.25) is 15.9 Å². The third kappa shape index (κ3) is 8.64. The molecule has 0 atom stereocenters. The van der Waals surface area contributed by atoms with Crippen molar-refractivity contribution in [2.75, 3.05) is 17.0 Å². The second kappa shape index (κ2) is 10.4. The van der Waals surface area contributed by atoms with Crippen LogP contribution in [0.25, 0.3) is 0 Å². The fourth-order valence-electron chi connectivity index (χ4n) is 2.83. The molecule has 0 spiro atoms. The fraction of sp³-hybridized carbons (Fsp3) is 0.455. The van der Waals surface area contributed by atoms with Crippen LogP contribution in [0.3, 0.4) is 0 Å². The Labute approximate surface area is 174 Å². The number of carbonyl (C=O) groups excluding carboxylic acids is 1. The van der Waals surface area contributed by atoms with Crippen LogP contribution in [0.2, 0.25) is 0 Å². The molecule has 1 amide bonds. The summed E-state index contributed by atoms with van der Waals surface area (Å²) in [6.07, 6.45) is 4.53. The maximum atomic E-state index is 12.0. The first kappa shape index (κ1) is 22.9. The van der Waals surface area contributed by atoms with Crippen LogP contribution in [0, 0.1) is 0 Å². The van der Waals surface area contributed by atoms with Crippen LogP contribution < -0.4 is 10.0 Å². The Kier molecular flexibility index (Phi) is 8.20. The van der Waals surface area contributed by atoms with E-state index in [4.69, 9.17) is 0 Å². The quantitative estimate of drug-likeness (QED) is 0.578. The minimum absolute atomic E-state index is 0.0786. The summed E-state index contributed by atoms with van der Waals surface area (Å²) < 4.78 is 26.3. The van der Waals surface area contributed by atoms with Crippen LogP contribution in [0.15, 0.2) is 48.7 Å². The third-order valence-corrected chi connectivity index (χ3v) is 5.82. The van der Waals surface area contributed by atoms with Crippen LogP contribution in [0.1, 0.15) is 51.2 Å². The number of amides is 1. The lowest BCUT2D eigenvalue weighted by molar-refractivity contribution is -0.121. The van der Waals surface area contributed by atoms with Crippen molar-refractivity contribution in [1.82, 2.24) is 10.3 Å². The molecule has 0 saturated carbocycles. The second-order valence-corrected chi connectivity index (χ2v) is 9.98. The zero-order valence-corrected chi connectivity index (χ0v) is 18.3. The minimum atomic E-state index is -3.53. The van der Waals surface area contributed by atoms with Gasteiger partial charge in [0.05, 0.1) is 5.75 Å². The molecule has 2 aromatic rings. The normalized spacial score (nSPS) is 11.8. The van der Waals surface area contributed by atoms with Gasteiger partial charge in [-0.2, -0.15) is 0 Å². The van der Waals surface area contributed by atoms with Crippen molar-refractivity contribution in [1.29, 1.82) is 0 Å². The molecule has 0 unspecified atom stereocenters. The van der Waals surface area contributed by atoms with E-state index in [1.54, 1.807) is 18.2 Å². The molecule has 0 fully saturated rings. The molecular formula is C22H31N3O3S. The summed E-state index contributed by atoms with van der Waals surface area (Å²) in [6.45, 7) is 6.66. The summed E-state index contributed by atoms with van der Waals surface area (Å²) in [5.74, 6) is -0.0365. The van der Waals surface area contributed by atoms with E-state index in [1.165, 1.54) is 17.3 Å². The highest BCUT2D eigenvalue weighted by Crippen LogP contribution is 2.22. The summed E-state index contributed by atoms with van der Waals surface area (Å²) in [6, 6.07) is 13.6. The number of aromatic nitrogens is 1. The van der Waals surface area contributed by atoms with E-state index >= 15 is 0 Å². The number of sulfonamides is 1. The van der Waals surface area contributed by atoms with Gasteiger partial charge in [-0.3, -0.25) is 9.52 Å². The predicted octanol–water partition coefficient (Wildman–Crippen LogP) is 3.65. The summed E-state index contributed by atoms with van der Waals surface area (Å²) in [5, 5.41) is 2.67. The van der Waals surface area contributed by atoms with Gasteiger partial charge in [0, 0.05) is 19.2 Å². The maximum Gasteiger partial charge on any atom is 0.235 e. The van der Waals surface area contributed by atoms with Crippen molar-refractivity contribution < 1.29 is 13.2 Å². The highest BCUT2D eigenvalue weighted by atomic mass is 32.2. The average Bonchev–Trinajstić information content (AvgIpc) is 2.65. The Hall–Kier alpha value is -2.41. The molecule has 7 heteroatoms. The topological polar surface area (TPSA) is 88.2 Å². The molecule has 1 heterocycles. The van der Waals surface area contributed by atoms with Crippen molar-refractivity contribution in [3.63, 3.8) is 0 Å². The van der Waals surface area contributed by atoms with Crippen LogP contribution in [-0.2, 0) is 26.7 Å². The summed E-state index contributed by atoms with van der Waals surface area (Å²) >= 11 is 0. The summed E-state index contributed by atoms with van der Waals surface area (Å²) in [4.78, 5) is 15.8. The van der Waals surface area contributed by atoms with E-state index in [9.17, 15) is 13.2 Å². The zero-order chi connectivity index (χ0) is 21.3. The number of hydrogen-bond acceptors (Lipinski definition) is 4. The number of carbonyl (C=O) groups is 1. The lowest BCUT2D eigenvalue weighted by Crippen LogP contribution is -2.31. The largest absolute Gasteiger partial charge is 0.355 e. The molecular weight excluding hydrogens is 386 g/mol. The molecule has 0 aliphatic heterocycles. The number of pyridine rings is 1. The van der Waals surface area contributed by atoms with Gasteiger partial charge in [-0.1, -0.05) is 51.1 Å². The maximum absolute atomic E-state index is 12.0. The lowest BCUT2D eigenvalue weighted by Gasteiger charge is -2.19. The van der Waals surface area contributed by atoms with Crippen LogP contribution in [0.4, 0.5) is 5.82 Å². The SMILES string of the molecule is CC(C)(C)c1ccc(CCCCC(=O)NCCS(=O)(=O)Nc2ccccn2)cc1. The number of hydrogen-bond donors (Lipinski definition) is 2. The lowest BCUT2D eigenvalue weighted by atomic mass is 9.86. The molecule has 2 N–H and O–H groups in total. The number of nitrogens with one attached hydrogen (secondary N) is 2. The Balaban J connectivity index is 1.62. The van der Waals surface area contributed by atoms with Crippen molar-refractivity contribution in [3.8, 4) is 0 Å². The first-order chi connectivity index (χ1) is 13.7. The molecule has 6 nitrogen and oxygen atoms in total. The second-order valence-electron chi connectivity index (χ2n) is 8.14. The molecule has 0 aliphatic rings. The van der Waals surface area contributed by atoms with Gasteiger partial charge in [0.25, 0.3) is 0 Å². The van der Waals surface area contributed by atoms with E-state index in [0.29, 0.717) is 6.42 Å². The van der Waals surface area contributed by atoms with Gasteiger partial charge < -0.3 is 5.32 Å². The number of unbranched alkanes of at least 4 members (excludes halogenated alkanes) is 1. The number of rotatable bonds is 10. The molecule has 29 heavy (non-hydrogen) atoms. The molecule has 158 valence electrons. The number of anilines is 1. The molecule has 1 aromatic carbocycles. The van der Waals surface area contributed by atoms with E-state index in [0.717, 1.165) is 19.3 Å². The van der Waals surface area contributed by atoms with Gasteiger partial charge in [-0.15, -0.1) is 0 Å². The third-order valence-electron chi connectivity index (χ3n) is 4.56. The van der Waals surface area contributed by atoms with Crippen molar-refractivity contribution in [2.24, 2.45) is 0 Å². The van der Waals surface area contributed by atoms with E-state index < -0.39 is 10.0 Å². The van der Waals surface area contributed by atoms with Crippen LogP contribution >= 0.6 is 0 Å². The molecule has 2 rings (SSSR count). The predicted molar refractivity (Wildman–Crippen MR) is 117 cm³/mol. The minimum Gasteiger partial charge on any atom is -0.355 e. The standard InChI is InChI=1S/C22H31N3O3S/c1-22(2,3)19-13-11-18(12-14-19)8-4-5-10-21(26)24-16-17-29(27,28)25-20-9-6-7-15-23-20/h6-7,9,11-15H,4-5,8,10,16-17H2,1-3H3,(H,23,25)(H,24,26). The number of benzene rings is 1. The molecule has 1 aromatic heterocycles. The van der Waals surface area contributed by atoms with E-state index in [-0.39, 0.29) is 29.4 Å². The van der Waals surface area contributed by atoms with Gasteiger partial charge in [0.1, 0.15) is 5.82 Å². The average molecular weight is 418 g/mol. The van der Waals surface area contributed by atoms with Crippen LogP contribution in [0.5, 0.6) is 0 Å². The zero-order valence-electron chi connectivity index (χ0n) is 17.4. The van der Waals surface area contributed by atoms with Gasteiger partial charge in [-0.25, -0.2) is 13.4 Å².